The van der Waals surface area contributed by atoms with Crippen LogP contribution in [-0.2, 0) is 0 Å². The number of hydrogen-bond acceptors (Lipinski definition) is 0. The molecule has 0 fully saturated rings. The third kappa shape index (κ3) is 1.01. The van der Waals surface area contributed by atoms with E-state index < -0.39 is 0 Å². The third-order valence-electron chi connectivity index (χ3n) is 1.86. The highest BCUT2D eigenvalue weighted by Crippen LogP contribution is 2.15. The van der Waals surface area contributed by atoms with Gasteiger partial charge in [-0.1, -0.05) is 18.2 Å². The first kappa shape index (κ1) is 6.41. The Kier molecular flexibility index (Phi) is 1.39. The standard InChI is InChI=1S/C11H8/c1-9-5-4-7-10-6-2-3-8-11(9)10/h2,4-5,7-8H,1H3. The Balaban J connectivity index is 2.91. The van der Waals surface area contributed by atoms with Crippen LogP contribution in [0.5, 0.6) is 0 Å². The molecule has 0 amide bonds. The molecule has 0 saturated carbocycles. The maximum Gasteiger partial charge on any atom is -0.00927 e. The minimum atomic E-state index is 1.17. The van der Waals surface area contributed by atoms with E-state index in [1.807, 2.05) is 18.2 Å². The first-order chi connectivity index (χ1) is 5.38. The van der Waals surface area contributed by atoms with Crippen LogP contribution in [0.3, 0.4) is 0 Å². The molecule has 0 N–H and O–H groups in total. The number of benzene rings is 2. The summed E-state index contributed by atoms with van der Waals surface area (Å²) in [6.45, 7) is 2.10. The first-order valence-corrected chi connectivity index (χ1v) is 3.65. The van der Waals surface area contributed by atoms with Gasteiger partial charge in [-0.25, -0.2) is 0 Å². The smallest absolute Gasteiger partial charge is 0.00927 e. The summed E-state index contributed by atoms with van der Waals surface area (Å²) in [6, 6.07) is 16.2. The molecule has 0 aliphatic carbocycles. The number of rotatable bonds is 0. The highest BCUT2D eigenvalue weighted by atomic mass is 14.0. The molecule has 0 bridgehead atoms. The lowest BCUT2D eigenvalue weighted by atomic mass is 10.1. The van der Waals surface area contributed by atoms with Crippen molar-refractivity contribution in [2.75, 3.05) is 0 Å². The zero-order valence-electron chi connectivity index (χ0n) is 6.39. The van der Waals surface area contributed by atoms with Crippen molar-refractivity contribution >= 4 is 10.8 Å². The predicted molar refractivity (Wildman–Crippen MR) is 46.4 cm³/mol. The molecular weight excluding hydrogens is 132 g/mol. The van der Waals surface area contributed by atoms with E-state index in [1.54, 1.807) is 0 Å². The highest BCUT2D eigenvalue weighted by Gasteiger charge is 1.92. The van der Waals surface area contributed by atoms with Crippen molar-refractivity contribution < 1.29 is 0 Å². The molecule has 0 heterocycles. The van der Waals surface area contributed by atoms with Gasteiger partial charge in [0.1, 0.15) is 0 Å². The number of fused-ring (bicyclic) bond motifs is 1. The molecule has 0 aliphatic rings. The average Bonchev–Trinajstić information content (AvgIpc) is 2.06. The Morgan fingerprint density at radius 2 is 2.18 bits per heavy atom. The zero-order valence-corrected chi connectivity index (χ0v) is 6.39. The second-order valence-corrected chi connectivity index (χ2v) is 2.64. The molecule has 0 heteroatoms. The van der Waals surface area contributed by atoms with Gasteiger partial charge in [-0.15, -0.1) is 0 Å². The van der Waals surface area contributed by atoms with Crippen molar-refractivity contribution in [1.29, 1.82) is 0 Å². The van der Waals surface area contributed by atoms with Gasteiger partial charge in [0.05, 0.1) is 0 Å². The van der Waals surface area contributed by atoms with Crippen LogP contribution in [0.25, 0.3) is 10.8 Å². The van der Waals surface area contributed by atoms with Gasteiger partial charge in [0.25, 0.3) is 0 Å². The molecule has 0 aromatic heterocycles. The first-order valence-electron chi connectivity index (χ1n) is 3.65. The van der Waals surface area contributed by atoms with Crippen molar-refractivity contribution in [3.63, 3.8) is 0 Å². The summed E-state index contributed by atoms with van der Waals surface area (Å²) >= 11 is 0. The summed E-state index contributed by atoms with van der Waals surface area (Å²) in [4.78, 5) is 0. The van der Waals surface area contributed by atoms with Crippen molar-refractivity contribution in [3.05, 3.63) is 48.0 Å². The van der Waals surface area contributed by atoms with E-state index in [1.165, 1.54) is 16.3 Å². The SMILES string of the molecule is Cc1cccc2[c]c[c]cc12. The van der Waals surface area contributed by atoms with E-state index in [9.17, 15) is 0 Å². The van der Waals surface area contributed by atoms with Gasteiger partial charge in [0, 0.05) is 0 Å². The van der Waals surface area contributed by atoms with Crippen LogP contribution >= 0.6 is 0 Å². The van der Waals surface area contributed by atoms with E-state index in [-0.39, 0.29) is 0 Å². The maximum absolute atomic E-state index is 3.14. The second kappa shape index (κ2) is 2.39. The molecule has 0 atom stereocenters. The molecule has 2 aromatic rings. The Labute approximate surface area is 66.5 Å². The van der Waals surface area contributed by atoms with E-state index in [0.29, 0.717) is 0 Å². The van der Waals surface area contributed by atoms with Crippen LogP contribution in [0, 0.1) is 19.1 Å². The van der Waals surface area contributed by atoms with Crippen LogP contribution in [0.15, 0.2) is 30.3 Å². The van der Waals surface area contributed by atoms with E-state index in [0.717, 1.165) is 0 Å². The van der Waals surface area contributed by atoms with Crippen LogP contribution in [0.1, 0.15) is 5.56 Å². The van der Waals surface area contributed by atoms with Crippen LogP contribution < -0.4 is 0 Å². The van der Waals surface area contributed by atoms with Gasteiger partial charge in [0.15, 0.2) is 0 Å². The Morgan fingerprint density at radius 3 is 3.00 bits per heavy atom. The zero-order chi connectivity index (χ0) is 7.68. The fourth-order valence-electron chi connectivity index (χ4n) is 1.24. The van der Waals surface area contributed by atoms with Gasteiger partial charge in [-0.05, 0) is 47.5 Å². The summed E-state index contributed by atoms with van der Waals surface area (Å²) in [6.07, 6.45) is 0. The molecule has 0 aliphatic heterocycles. The van der Waals surface area contributed by atoms with E-state index in [4.69, 9.17) is 0 Å². The fraction of sp³-hybridized carbons (Fsp3) is 0.0909. The van der Waals surface area contributed by atoms with Gasteiger partial charge < -0.3 is 0 Å². The molecule has 0 saturated heterocycles. The number of hydrogen-bond donors (Lipinski definition) is 0. The molecule has 0 spiro atoms. The molecule has 0 nitrogen and oxygen atoms in total. The average molecular weight is 140 g/mol. The lowest BCUT2D eigenvalue weighted by molar-refractivity contribution is 1.53. The third-order valence-corrected chi connectivity index (χ3v) is 1.86. The van der Waals surface area contributed by atoms with Gasteiger partial charge >= 0.3 is 0 Å². The minimum Gasteiger partial charge on any atom is -0.0613 e. The topological polar surface area (TPSA) is 0 Å². The fourth-order valence-corrected chi connectivity index (χ4v) is 1.24. The Bertz CT molecular complexity index is 369. The van der Waals surface area contributed by atoms with Crippen LogP contribution in [-0.4, -0.2) is 0 Å². The molecule has 2 radical (unpaired) electrons. The minimum absolute atomic E-state index is 1.17. The van der Waals surface area contributed by atoms with Crippen molar-refractivity contribution in [3.8, 4) is 0 Å². The molecule has 11 heavy (non-hydrogen) atoms. The molecule has 2 aromatic carbocycles. The predicted octanol–water partition coefficient (Wildman–Crippen LogP) is 2.75. The summed E-state index contributed by atoms with van der Waals surface area (Å²) in [5.74, 6) is 0. The van der Waals surface area contributed by atoms with Crippen molar-refractivity contribution in [2.45, 2.75) is 6.92 Å². The monoisotopic (exact) mass is 140 g/mol. The Hall–Kier alpha value is -1.30. The van der Waals surface area contributed by atoms with Crippen LogP contribution in [0.2, 0.25) is 0 Å². The molecule has 52 valence electrons. The highest BCUT2D eigenvalue weighted by molar-refractivity contribution is 5.84. The van der Waals surface area contributed by atoms with Gasteiger partial charge in [0.2, 0.25) is 0 Å². The molecule has 2 rings (SSSR count). The van der Waals surface area contributed by atoms with E-state index in [2.05, 4.69) is 31.2 Å². The normalized spacial score (nSPS) is 10.3. The van der Waals surface area contributed by atoms with E-state index >= 15 is 0 Å². The van der Waals surface area contributed by atoms with Crippen molar-refractivity contribution in [2.24, 2.45) is 0 Å². The largest absolute Gasteiger partial charge is 0.0613 e. The summed E-state index contributed by atoms with van der Waals surface area (Å²) in [5.41, 5.74) is 1.29. The van der Waals surface area contributed by atoms with Gasteiger partial charge in [-0.2, -0.15) is 0 Å². The Morgan fingerprint density at radius 1 is 1.27 bits per heavy atom. The molecule has 0 unspecified atom stereocenters. The van der Waals surface area contributed by atoms with Crippen LogP contribution in [0.4, 0.5) is 0 Å². The summed E-state index contributed by atoms with van der Waals surface area (Å²) in [5, 5.41) is 2.42. The van der Waals surface area contributed by atoms with Crippen molar-refractivity contribution in [1.82, 2.24) is 0 Å². The summed E-state index contributed by atoms with van der Waals surface area (Å²) in [7, 11) is 0. The van der Waals surface area contributed by atoms with Gasteiger partial charge in [-0.3, -0.25) is 0 Å². The second-order valence-electron chi connectivity index (χ2n) is 2.64. The lowest BCUT2D eigenvalue weighted by Gasteiger charge is -1.98. The molecular formula is C11H8. The lowest BCUT2D eigenvalue weighted by Crippen LogP contribution is -1.75. The number of aryl methyl sites for hydroxylation is 1. The quantitative estimate of drug-likeness (QED) is 0.527. The maximum atomic E-state index is 3.14. The summed E-state index contributed by atoms with van der Waals surface area (Å²) < 4.78 is 0.